The molecule has 3 atom stereocenters. The molecule has 0 saturated carbocycles. The summed E-state index contributed by atoms with van der Waals surface area (Å²) >= 11 is 0. The molecule has 1 saturated heterocycles. The van der Waals surface area contributed by atoms with Gasteiger partial charge in [-0.3, -0.25) is 4.79 Å². The number of para-hydroxylation sites is 2. The van der Waals surface area contributed by atoms with Crippen LogP contribution in [0.3, 0.4) is 0 Å². The first kappa shape index (κ1) is 37.8. The number of allylic oxidation sites excluding steroid dienone is 9. The van der Waals surface area contributed by atoms with E-state index in [4.69, 9.17) is 14.2 Å². The zero-order valence-electron chi connectivity index (χ0n) is 33.9. The van der Waals surface area contributed by atoms with Crippen LogP contribution in [0.1, 0.15) is 89.4 Å². The largest absolute Gasteiger partial charge is 0.460 e. The van der Waals surface area contributed by atoms with E-state index >= 15 is 0 Å². The van der Waals surface area contributed by atoms with Crippen LogP contribution in [0.25, 0.3) is 43.6 Å². The Morgan fingerprint density at radius 2 is 1.69 bits per heavy atom. The predicted molar refractivity (Wildman–Crippen MR) is 225 cm³/mol. The summed E-state index contributed by atoms with van der Waals surface area (Å²) in [6.45, 7) is 11.8. The van der Waals surface area contributed by atoms with Gasteiger partial charge in [-0.2, -0.15) is 0 Å². The molecule has 0 spiro atoms. The van der Waals surface area contributed by atoms with Crippen LogP contribution in [-0.2, 0) is 36.1 Å². The molecule has 298 valence electrons. The van der Waals surface area contributed by atoms with E-state index in [9.17, 15) is 19.5 Å². The maximum absolute atomic E-state index is 13.5. The maximum atomic E-state index is 13.5. The Morgan fingerprint density at radius 3 is 2.45 bits per heavy atom. The lowest BCUT2D eigenvalue weighted by molar-refractivity contribution is -0.200. The van der Waals surface area contributed by atoms with Gasteiger partial charge in [0.2, 0.25) is 0 Å². The zero-order valence-corrected chi connectivity index (χ0v) is 33.9. The molecule has 10 nitrogen and oxygen atoms in total. The summed E-state index contributed by atoms with van der Waals surface area (Å²) in [6.07, 6.45) is 14.4. The third kappa shape index (κ3) is 5.79. The van der Waals surface area contributed by atoms with E-state index in [2.05, 4.69) is 42.8 Å². The van der Waals surface area contributed by atoms with E-state index < -0.39 is 42.7 Å². The fourth-order valence-corrected chi connectivity index (χ4v) is 9.99. The van der Waals surface area contributed by atoms with Gasteiger partial charge in [-0.25, -0.2) is 9.59 Å². The first-order valence-electron chi connectivity index (χ1n) is 20.2. The lowest BCUT2D eigenvalue weighted by Gasteiger charge is -2.39. The highest BCUT2D eigenvalue weighted by Gasteiger charge is 2.61. The van der Waals surface area contributed by atoms with E-state index in [1.807, 2.05) is 85.2 Å². The molecule has 2 bridgehead atoms. The monoisotopic (exact) mass is 779 g/mol. The molecular formula is C48H49N3O7. The van der Waals surface area contributed by atoms with Gasteiger partial charge in [-0.1, -0.05) is 91.8 Å². The third-order valence-electron chi connectivity index (χ3n) is 12.9. The number of carbonyl (C=O) groups is 3. The Kier molecular flexibility index (Phi) is 8.94. The van der Waals surface area contributed by atoms with Crippen LogP contribution in [-0.4, -0.2) is 50.9 Å². The van der Waals surface area contributed by atoms with Crippen molar-refractivity contribution in [3.63, 3.8) is 0 Å². The number of carbonyl (C=O) groups excluding carboxylic acids is 3. The molecule has 0 radical (unpaired) electrons. The van der Waals surface area contributed by atoms with Crippen molar-refractivity contribution in [3.05, 3.63) is 118 Å². The molecule has 10 heteroatoms. The van der Waals surface area contributed by atoms with Crippen molar-refractivity contribution in [2.45, 2.75) is 91.3 Å². The summed E-state index contributed by atoms with van der Waals surface area (Å²) in [7, 11) is 0. The number of esters is 2. The highest BCUT2D eigenvalue weighted by molar-refractivity contribution is 6.31. The van der Waals surface area contributed by atoms with Gasteiger partial charge >= 0.3 is 11.9 Å². The minimum atomic E-state index is -1.70. The average molecular weight is 780 g/mol. The standard InChI is InChI=1S/C48H49N3O7/c1-28(20-21-34-30(3)15-12-22-46(34,4)5)13-11-14-29(2)23-38(52)56-26-39(53)57-27-48(55)24-37-50-35-18-9-7-16-31(35)41-42-33(25-49-45(42)54)40-32-17-8-10-19-36(32)51(44(40)43(41)50)47(48,6)58-37/h7-11,13-14,16-21,23,37,55H,12,15,22,24-27H2,1-6H3,(H,49,54)/b14-11+,21-20+,28-13+,29-23-/t37-,47-,48-/m0/s1. The topological polar surface area (TPSA) is 121 Å². The highest BCUT2D eigenvalue weighted by atomic mass is 16.6. The molecule has 1 aliphatic carbocycles. The number of hydrogen-bond donors (Lipinski definition) is 2. The number of benzene rings is 3. The molecule has 0 unspecified atom stereocenters. The quantitative estimate of drug-likeness (QED) is 0.0870. The van der Waals surface area contributed by atoms with Crippen molar-refractivity contribution in [1.82, 2.24) is 14.5 Å². The molecule has 5 aromatic rings. The SMILES string of the molecule is CC1=C(/C=C/C(C)=C/C=C/C(C)=C\C(=O)OCC(=O)OC[C@@]2(O)C[C@@H]3O[C@]2(C)n2c4ccccc4c4c5c(c6c7ccccc7n3c6c42)C(=O)NC5)C(C)(C)CCC1. The van der Waals surface area contributed by atoms with Crippen LogP contribution in [0.15, 0.2) is 107 Å². The molecule has 1 amide bonds. The lowest BCUT2D eigenvalue weighted by atomic mass is 9.72. The second-order valence-electron chi connectivity index (χ2n) is 17.2. The van der Waals surface area contributed by atoms with Gasteiger partial charge in [0.15, 0.2) is 17.9 Å². The number of aliphatic hydroxyl groups is 1. The lowest BCUT2D eigenvalue weighted by Crippen LogP contribution is -2.54. The average Bonchev–Trinajstić information content (AvgIpc) is 3.88. The van der Waals surface area contributed by atoms with Crippen molar-refractivity contribution >= 4 is 61.5 Å². The van der Waals surface area contributed by atoms with Gasteiger partial charge in [-0.15, -0.1) is 0 Å². The second-order valence-corrected chi connectivity index (χ2v) is 17.2. The minimum Gasteiger partial charge on any atom is -0.460 e. The number of aromatic nitrogens is 2. The fourth-order valence-electron chi connectivity index (χ4n) is 9.99. The van der Waals surface area contributed by atoms with E-state index in [1.165, 1.54) is 30.1 Å². The Bertz CT molecular complexity index is 2770. The molecule has 3 aliphatic heterocycles. The minimum absolute atomic E-state index is 0.0918. The highest BCUT2D eigenvalue weighted by Crippen LogP contribution is 2.57. The molecule has 2 N–H and O–H groups in total. The number of amides is 1. The number of hydrogen-bond acceptors (Lipinski definition) is 7. The van der Waals surface area contributed by atoms with Crippen molar-refractivity contribution in [3.8, 4) is 0 Å². The van der Waals surface area contributed by atoms with Crippen LogP contribution < -0.4 is 5.32 Å². The summed E-state index contributed by atoms with van der Waals surface area (Å²) in [5, 5.41) is 19.4. The zero-order chi connectivity index (χ0) is 40.7. The van der Waals surface area contributed by atoms with E-state index in [1.54, 1.807) is 6.92 Å². The Balaban J connectivity index is 0.935. The number of ether oxygens (including phenoxy) is 3. The van der Waals surface area contributed by atoms with Gasteiger partial charge < -0.3 is 33.8 Å². The first-order chi connectivity index (χ1) is 27.7. The smallest absolute Gasteiger partial charge is 0.344 e. The molecule has 5 heterocycles. The van der Waals surface area contributed by atoms with Gasteiger partial charge in [0, 0.05) is 40.6 Å². The Labute approximate surface area is 337 Å². The summed E-state index contributed by atoms with van der Waals surface area (Å²) in [5.74, 6) is -1.57. The maximum Gasteiger partial charge on any atom is 0.344 e. The van der Waals surface area contributed by atoms with E-state index in [-0.39, 0.29) is 17.7 Å². The molecule has 3 aromatic carbocycles. The van der Waals surface area contributed by atoms with Crippen LogP contribution in [0, 0.1) is 5.41 Å². The Morgan fingerprint density at radius 1 is 0.966 bits per heavy atom. The molecule has 58 heavy (non-hydrogen) atoms. The van der Waals surface area contributed by atoms with Gasteiger partial charge in [-0.05, 0) is 81.2 Å². The number of rotatable bonds is 9. The van der Waals surface area contributed by atoms with Crippen molar-refractivity contribution in [2.75, 3.05) is 13.2 Å². The molecular weight excluding hydrogens is 731 g/mol. The summed E-state index contributed by atoms with van der Waals surface area (Å²) in [4.78, 5) is 39.3. The predicted octanol–water partition coefficient (Wildman–Crippen LogP) is 9.10. The number of fused-ring (bicyclic) bond motifs is 13. The van der Waals surface area contributed by atoms with Gasteiger partial charge in [0.25, 0.3) is 5.91 Å². The normalized spacial score (nSPS) is 24.3. The molecule has 9 rings (SSSR count). The summed E-state index contributed by atoms with van der Waals surface area (Å²) < 4.78 is 22.0. The number of nitrogens with one attached hydrogen (secondary N) is 1. The van der Waals surface area contributed by atoms with E-state index in [0.717, 1.165) is 61.2 Å². The molecule has 4 aliphatic rings. The second kappa shape index (κ2) is 13.7. The summed E-state index contributed by atoms with van der Waals surface area (Å²) in [5.41, 5.74) is 6.69. The summed E-state index contributed by atoms with van der Waals surface area (Å²) in [6, 6.07) is 15.9. The van der Waals surface area contributed by atoms with Crippen LogP contribution >= 0.6 is 0 Å². The first-order valence-corrected chi connectivity index (χ1v) is 20.2. The van der Waals surface area contributed by atoms with Crippen molar-refractivity contribution in [1.29, 1.82) is 0 Å². The third-order valence-corrected chi connectivity index (χ3v) is 12.9. The van der Waals surface area contributed by atoms with Crippen molar-refractivity contribution < 1.29 is 33.7 Å². The van der Waals surface area contributed by atoms with Crippen LogP contribution in [0.2, 0.25) is 0 Å². The van der Waals surface area contributed by atoms with Crippen LogP contribution in [0.5, 0.6) is 0 Å². The van der Waals surface area contributed by atoms with Crippen molar-refractivity contribution in [2.24, 2.45) is 5.41 Å². The van der Waals surface area contributed by atoms with E-state index in [0.29, 0.717) is 17.7 Å². The number of nitrogens with zero attached hydrogens (tertiary/aromatic N) is 2. The van der Waals surface area contributed by atoms with Gasteiger partial charge in [0.1, 0.15) is 12.8 Å². The molecule has 2 aromatic heterocycles. The fraction of sp³-hybridized carbons (Fsp3) is 0.354. The van der Waals surface area contributed by atoms with Crippen LogP contribution in [0.4, 0.5) is 0 Å². The molecule has 1 fully saturated rings. The Hall–Kier alpha value is -5.71. The van der Waals surface area contributed by atoms with Gasteiger partial charge in [0.05, 0.1) is 27.6 Å².